The van der Waals surface area contributed by atoms with Crippen molar-refractivity contribution in [3.63, 3.8) is 0 Å². The lowest BCUT2D eigenvalue weighted by Gasteiger charge is -2.34. The Bertz CT molecular complexity index is 3710. The maximum absolute atomic E-state index is 4.01. The van der Waals surface area contributed by atoms with Crippen LogP contribution in [0, 0.1) is 0 Å². The molecule has 0 amide bonds. The van der Waals surface area contributed by atoms with Crippen molar-refractivity contribution in [2.24, 2.45) is 0 Å². The molecule has 0 fully saturated rings. The first kappa shape index (κ1) is 51.1. The van der Waals surface area contributed by atoms with Gasteiger partial charge in [0.25, 0.3) is 0 Å². The summed E-state index contributed by atoms with van der Waals surface area (Å²) in [6, 6.07) is 86.3. The third kappa shape index (κ3) is 9.98. The van der Waals surface area contributed by atoms with Crippen molar-refractivity contribution in [2.75, 3.05) is 4.90 Å². The predicted molar refractivity (Wildman–Crippen MR) is 341 cm³/mol. The lowest BCUT2D eigenvalue weighted by molar-refractivity contribution is 0.401. The fourth-order valence-electron chi connectivity index (χ4n) is 12.7. The Morgan fingerprint density at radius 1 is 0.367 bits per heavy atom. The summed E-state index contributed by atoms with van der Waals surface area (Å²) in [6.07, 6.45) is 15.9. The van der Waals surface area contributed by atoms with E-state index < -0.39 is 0 Å². The van der Waals surface area contributed by atoms with Crippen molar-refractivity contribution >= 4 is 51.0 Å². The first-order chi connectivity index (χ1) is 39.0. The highest BCUT2D eigenvalue weighted by molar-refractivity contribution is 6.12. The number of rotatable bonds is 20. The molecule has 1 aromatic heterocycles. The molecule has 0 radical (unpaired) electrons. The number of fused-ring (bicyclic) bond motifs is 6. The Kier molecular flexibility index (Phi) is 14.7. The summed E-state index contributed by atoms with van der Waals surface area (Å²) < 4.78 is 2.55. The molecule has 0 saturated carbocycles. The van der Waals surface area contributed by atoms with Gasteiger partial charge in [-0.05, 0) is 164 Å². The lowest BCUT2D eigenvalue weighted by Crippen LogP contribution is -2.26. The SMILES string of the molecule is C=Cc1ccc(-c2ccc3c(c2)c2cc(-c4ccc(C=C)cc4)ccc2n3-c2ccc3c(c2)C(CCCCCC)(CCCCCC)c2ccc(N(c4ccc(-c5ccccc5)cc4)c4ccc(-c5ccccc5)cc4)cc2-3)cc1. The number of aromatic nitrogens is 1. The molecule has 10 aromatic carbocycles. The van der Waals surface area contributed by atoms with E-state index >= 15 is 0 Å². The molecule has 388 valence electrons. The second kappa shape index (κ2) is 22.7. The summed E-state index contributed by atoms with van der Waals surface area (Å²) in [7, 11) is 0. The Morgan fingerprint density at radius 2 is 0.797 bits per heavy atom. The van der Waals surface area contributed by atoms with Crippen LogP contribution in [0.5, 0.6) is 0 Å². The number of benzene rings is 10. The quantitative estimate of drug-likeness (QED) is 0.0691. The summed E-state index contributed by atoms with van der Waals surface area (Å²) in [5, 5.41) is 2.50. The molecule has 0 bridgehead atoms. The average Bonchev–Trinajstić information content (AvgIpc) is 4.08. The second-order valence-corrected chi connectivity index (χ2v) is 21.8. The third-order valence-corrected chi connectivity index (χ3v) is 16.9. The van der Waals surface area contributed by atoms with Gasteiger partial charge in [-0.3, -0.25) is 0 Å². The zero-order valence-electron chi connectivity index (χ0n) is 46.0. The van der Waals surface area contributed by atoms with Crippen molar-refractivity contribution in [3.8, 4) is 61.3 Å². The Hall–Kier alpha value is -8.72. The highest BCUT2D eigenvalue weighted by Crippen LogP contribution is 2.56. The molecular weight excluding hydrogens is 953 g/mol. The molecule has 0 unspecified atom stereocenters. The average molecular weight is 1020 g/mol. The minimum Gasteiger partial charge on any atom is -0.310 e. The van der Waals surface area contributed by atoms with Crippen LogP contribution in [0.3, 0.4) is 0 Å². The molecule has 0 saturated heterocycles. The summed E-state index contributed by atoms with van der Waals surface area (Å²) in [5.41, 5.74) is 24.5. The second-order valence-electron chi connectivity index (χ2n) is 21.8. The smallest absolute Gasteiger partial charge is 0.0541 e. The molecule has 11 aromatic rings. The highest BCUT2D eigenvalue weighted by atomic mass is 15.1. The summed E-state index contributed by atoms with van der Waals surface area (Å²) in [6.45, 7) is 12.7. The molecule has 1 heterocycles. The van der Waals surface area contributed by atoms with Crippen molar-refractivity contribution in [2.45, 2.75) is 83.5 Å². The van der Waals surface area contributed by atoms with Crippen molar-refractivity contribution in [1.82, 2.24) is 4.57 Å². The van der Waals surface area contributed by atoms with E-state index in [0.29, 0.717) is 0 Å². The zero-order chi connectivity index (χ0) is 53.7. The van der Waals surface area contributed by atoms with Crippen LogP contribution in [0.25, 0.3) is 95.3 Å². The number of hydrogen-bond donors (Lipinski definition) is 0. The number of hydrogen-bond acceptors (Lipinski definition) is 1. The zero-order valence-corrected chi connectivity index (χ0v) is 46.0. The van der Waals surface area contributed by atoms with Gasteiger partial charge in [0.05, 0.1) is 11.0 Å². The van der Waals surface area contributed by atoms with Gasteiger partial charge in [-0.1, -0.05) is 248 Å². The largest absolute Gasteiger partial charge is 0.310 e. The minimum absolute atomic E-state index is 0.130. The highest BCUT2D eigenvalue weighted by Gasteiger charge is 2.43. The maximum Gasteiger partial charge on any atom is 0.0541 e. The molecule has 1 aliphatic carbocycles. The van der Waals surface area contributed by atoms with E-state index in [9.17, 15) is 0 Å². The van der Waals surface area contributed by atoms with Gasteiger partial charge >= 0.3 is 0 Å². The van der Waals surface area contributed by atoms with E-state index in [2.05, 4.69) is 267 Å². The summed E-state index contributed by atoms with van der Waals surface area (Å²) in [5.74, 6) is 0. The van der Waals surface area contributed by atoms with Gasteiger partial charge in [0.2, 0.25) is 0 Å². The Balaban J connectivity index is 1.03. The van der Waals surface area contributed by atoms with Gasteiger partial charge in [-0.25, -0.2) is 0 Å². The van der Waals surface area contributed by atoms with Gasteiger partial charge in [-0.2, -0.15) is 0 Å². The van der Waals surface area contributed by atoms with Gasteiger partial charge in [0.1, 0.15) is 0 Å². The van der Waals surface area contributed by atoms with Crippen molar-refractivity contribution in [3.05, 3.63) is 266 Å². The monoisotopic (exact) mass is 1020 g/mol. The standard InChI is InChI=1S/C77H70N2/c1-5-9-11-19-49-77(50-20-12-10-6-2)73-46-44-67(78(65-39-33-59(34-40-65)57-21-15-13-16-22-57)66-41-35-60(36-42-66)58-23-17-14-18-24-58)53-70(73)69-45-43-68(54-74(69)77)79-75-47-37-63(61-29-25-55(7-3)26-30-61)51-71(75)72-52-64(38-48-76(72)79)62-31-27-56(8-4)28-32-62/h7-8,13-18,21-48,51-54H,3-6,9-12,19-20,49-50H2,1-2H3. The van der Waals surface area contributed by atoms with Crippen LogP contribution in [0.1, 0.15) is 100 Å². The van der Waals surface area contributed by atoms with Crippen molar-refractivity contribution in [1.29, 1.82) is 0 Å². The van der Waals surface area contributed by atoms with E-state index in [4.69, 9.17) is 0 Å². The van der Waals surface area contributed by atoms with Crippen LogP contribution in [0.15, 0.2) is 244 Å². The van der Waals surface area contributed by atoms with Crippen LogP contribution in [0.4, 0.5) is 17.1 Å². The number of anilines is 3. The van der Waals surface area contributed by atoms with Crippen LogP contribution in [0.2, 0.25) is 0 Å². The Labute approximate surface area is 468 Å². The van der Waals surface area contributed by atoms with Gasteiger partial charge in [0.15, 0.2) is 0 Å². The van der Waals surface area contributed by atoms with Gasteiger partial charge < -0.3 is 9.47 Å². The van der Waals surface area contributed by atoms with Crippen LogP contribution < -0.4 is 4.90 Å². The summed E-state index contributed by atoms with van der Waals surface area (Å²) in [4.78, 5) is 2.46. The molecule has 2 heteroatoms. The molecule has 0 atom stereocenters. The van der Waals surface area contributed by atoms with Crippen LogP contribution >= 0.6 is 0 Å². The molecular formula is C77H70N2. The maximum atomic E-state index is 4.01. The van der Waals surface area contributed by atoms with E-state index in [1.54, 1.807) is 0 Å². The number of nitrogens with zero attached hydrogens (tertiary/aromatic N) is 2. The predicted octanol–water partition coefficient (Wildman–Crippen LogP) is 22.4. The van der Waals surface area contributed by atoms with E-state index in [-0.39, 0.29) is 5.41 Å². The first-order valence-electron chi connectivity index (χ1n) is 28.9. The van der Waals surface area contributed by atoms with Crippen LogP contribution in [-0.2, 0) is 5.41 Å². The fourth-order valence-corrected chi connectivity index (χ4v) is 12.7. The Morgan fingerprint density at radius 3 is 1.27 bits per heavy atom. The topological polar surface area (TPSA) is 8.17 Å². The molecule has 12 rings (SSSR count). The first-order valence-corrected chi connectivity index (χ1v) is 28.9. The molecule has 0 aliphatic heterocycles. The van der Waals surface area contributed by atoms with Crippen LogP contribution in [-0.4, -0.2) is 4.57 Å². The fraction of sp³-hybridized carbons (Fsp3) is 0.169. The molecule has 79 heavy (non-hydrogen) atoms. The molecule has 0 spiro atoms. The third-order valence-electron chi connectivity index (χ3n) is 16.9. The molecule has 2 nitrogen and oxygen atoms in total. The van der Waals surface area contributed by atoms with E-state index in [1.165, 1.54) is 146 Å². The minimum atomic E-state index is -0.130. The normalized spacial score (nSPS) is 12.4. The molecule has 0 N–H and O–H groups in total. The van der Waals surface area contributed by atoms with Gasteiger partial charge in [0, 0.05) is 38.9 Å². The summed E-state index contributed by atoms with van der Waals surface area (Å²) >= 11 is 0. The lowest BCUT2D eigenvalue weighted by atomic mass is 9.70. The molecule has 1 aliphatic rings. The van der Waals surface area contributed by atoms with Crippen molar-refractivity contribution < 1.29 is 0 Å². The number of unbranched alkanes of at least 4 members (excludes halogenated alkanes) is 6. The van der Waals surface area contributed by atoms with Gasteiger partial charge in [-0.15, -0.1) is 0 Å². The van der Waals surface area contributed by atoms with E-state index in [1.807, 2.05) is 12.2 Å². The van der Waals surface area contributed by atoms with E-state index in [0.717, 1.165) is 41.0 Å².